The van der Waals surface area contributed by atoms with E-state index in [0.29, 0.717) is 25.0 Å². The number of nitrogens with one attached hydrogen (secondary N) is 6. The minimum atomic E-state index is -1.75. The van der Waals surface area contributed by atoms with Crippen LogP contribution in [0.5, 0.6) is 0 Å². The fraction of sp³-hybridized carbons (Fsp3) is 0.431. The van der Waals surface area contributed by atoms with Crippen molar-refractivity contribution in [3.63, 3.8) is 0 Å². The van der Waals surface area contributed by atoms with E-state index in [4.69, 9.17) is 10.8 Å². The number of benzene rings is 2. The van der Waals surface area contributed by atoms with Crippen LogP contribution in [-0.4, -0.2) is 148 Å². The number of nitrogens with two attached hydrogens (primary N) is 1. The van der Waals surface area contributed by atoms with E-state index in [2.05, 4.69) is 31.9 Å². The molecule has 3 aromatic rings. The smallest absolute Gasteiger partial charge is 0.322 e. The highest BCUT2D eigenvalue weighted by Crippen LogP contribution is 2.41. The number of imide groups is 1. The lowest BCUT2D eigenvalue weighted by atomic mass is 9.82. The van der Waals surface area contributed by atoms with Gasteiger partial charge < -0.3 is 57.3 Å². The molecule has 1 aliphatic rings. The molecule has 10 amide bonds. The summed E-state index contributed by atoms with van der Waals surface area (Å²) in [6.07, 6.45) is 3.67. The highest BCUT2D eigenvalue weighted by Gasteiger charge is 2.38. The predicted molar refractivity (Wildman–Crippen MR) is 267 cm³/mol. The highest BCUT2D eigenvalue weighted by molar-refractivity contribution is 6.12. The van der Waals surface area contributed by atoms with Crippen LogP contribution < -0.4 is 37.6 Å². The van der Waals surface area contributed by atoms with Crippen LogP contribution in [0.25, 0.3) is 11.1 Å². The van der Waals surface area contributed by atoms with Crippen LogP contribution in [0.1, 0.15) is 83.0 Å². The number of unbranched alkanes of at least 4 members (excludes halogenated alkanes) is 2. The van der Waals surface area contributed by atoms with Crippen molar-refractivity contribution in [3.8, 4) is 11.1 Å². The molecular formula is C51H64F2N10O13. The number of aromatic nitrogens is 1. The normalized spacial score (nSPS) is 13.3. The van der Waals surface area contributed by atoms with Gasteiger partial charge in [0.1, 0.15) is 36.9 Å². The maximum atomic E-state index is 15.3. The molecular weight excluding hydrogens is 999 g/mol. The number of rotatable bonds is 30. The SMILES string of the molecule is CC(C)(C)[C@H](c1cc(-c2cc(F)ccc2F)cn1Cc1ccccc1)N(CC[C@H](NC(=O)[C@H](CC(N)=O)NC(=O)CNC(=O)CNC(=O)CCCCCN1C(=O)C=CC1=O)C(=O)NCCC(=O)NCC(=O)O)C(=O)CO. The Bertz CT molecular complexity index is 2640. The Balaban J connectivity index is 1.53. The number of primary amides is 1. The van der Waals surface area contributed by atoms with Crippen molar-refractivity contribution >= 4 is 65.0 Å². The second kappa shape index (κ2) is 28.9. The minimum Gasteiger partial charge on any atom is -0.480 e. The number of carbonyl (C=O) groups is 11. The molecule has 10 N–H and O–H groups in total. The minimum absolute atomic E-state index is 0.0238. The van der Waals surface area contributed by atoms with E-state index < -0.39 is 152 Å². The molecule has 0 saturated heterocycles. The zero-order valence-electron chi connectivity index (χ0n) is 42.3. The van der Waals surface area contributed by atoms with Crippen molar-refractivity contribution in [1.29, 1.82) is 0 Å². The monoisotopic (exact) mass is 1060 g/mol. The fourth-order valence-corrected chi connectivity index (χ4v) is 8.14. The van der Waals surface area contributed by atoms with Crippen molar-refractivity contribution in [2.75, 3.05) is 45.9 Å². The zero-order chi connectivity index (χ0) is 56.1. The first-order valence-corrected chi connectivity index (χ1v) is 24.3. The van der Waals surface area contributed by atoms with Crippen LogP contribution >= 0.6 is 0 Å². The van der Waals surface area contributed by atoms with Gasteiger partial charge in [0.25, 0.3) is 11.8 Å². The van der Waals surface area contributed by atoms with Gasteiger partial charge in [0, 0.05) is 74.2 Å². The third kappa shape index (κ3) is 19.2. The number of carbonyl (C=O) groups excluding carboxylic acids is 10. The number of aliphatic hydroxyl groups is 1. The molecule has 0 spiro atoms. The van der Waals surface area contributed by atoms with Gasteiger partial charge in [0.15, 0.2) is 0 Å². The molecule has 3 atom stereocenters. The number of hydrogen-bond acceptors (Lipinski definition) is 12. The zero-order valence-corrected chi connectivity index (χ0v) is 42.3. The molecule has 0 fully saturated rings. The predicted octanol–water partition coefficient (Wildman–Crippen LogP) is 0.0497. The van der Waals surface area contributed by atoms with Crippen molar-refractivity contribution in [2.45, 2.75) is 90.4 Å². The van der Waals surface area contributed by atoms with Crippen LogP contribution in [-0.2, 0) is 59.3 Å². The van der Waals surface area contributed by atoms with Crippen LogP contribution in [0.3, 0.4) is 0 Å². The highest BCUT2D eigenvalue weighted by atomic mass is 19.1. The number of aliphatic hydroxyl groups excluding tert-OH is 1. The van der Waals surface area contributed by atoms with Gasteiger partial charge in [0.05, 0.1) is 25.6 Å². The van der Waals surface area contributed by atoms with Crippen LogP contribution in [0, 0.1) is 17.0 Å². The van der Waals surface area contributed by atoms with Crippen molar-refractivity contribution in [1.82, 2.24) is 46.3 Å². The summed E-state index contributed by atoms with van der Waals surface area (Å²) in [4.78, 5) is 141. The fourth-order valence-electron chi connectivity index (χ4n) is 8.14. The number of nitrogens with zero attached hydrogens (tertiary/aromatic N) is 3. The quantitative estimate of drug-likeness (QED) is 0.0315. The first kappa shape index (κ1) is 60.2. The summed E-state index contributed by atoms with van der Waals surface area (Å²) in [5.74, 6) is -10.6. The molecule has 0 radical (unpaired) electrons. The number of amides is 10. The van der Waals surface area contributed by atoms with Gasteiger partial charge in [-0.3, -0.25) is 57.6 Å². The number of hydrogen-bond donors (Lipinski definition) is 9. The molecule has 76 heavy (non-hydrogen) atoms. The van der Waals surface area contributed by atoms with Gasteiger partial charge in [0.2, 0.25) is 47.3 Å². The van der Waals surface area contributed by atoms with Gasteiger partial charge in [-0.25, -0.2) is 8.78 Å². The Kier molecular flexibility index (Phi) is 22.9. The van der Waals surface area contributed by atoms with Crippen molar-refractivity contribution in [2.24, 2.45) is 11.1 Å². The topological polar surface area (TPSA) is 338 Å². The Morgan fingerprint density at radius 1 is 0.737 bits per heavy atom. The number of halogens is 2. The Morgan fingerprint density at radius 3 is 2.03 bits per heavy atom. The van der Waals surface area contributed by atoms with Gasteiger partial charge in [-0.2, -0.15) is 0 Å². The number of aliphatic carboxylic acids is 1. The molecule has 0 unspecified atom stereocenters. The van der Waals surface area contributed by atoms with E-state index in [9.17, 15) is 62.2 Å². The lowest BCUT2D eigenvalue weighted by molar-refractivity contribution is -0.140. The lowest BCUT2D eigenvalue weighted by Crippen LogP contribution is -2.56. The Hall–Kier alpha value is -8.35. The van der Waals surface area contributed by atoms with E-state index in [-0.39, 0.29) is 37.2 Å². The van der Waals surface area contributed by atoms with E-state index in [1.807, 2.05) is 18.2 Å². The summed E-state index contributed by atoms with van der Waals surface area (Å²) in [7, 11) is 0. The summed E-state index contributed by atoms with van der Waals surface area (Å²) < 4.78 is 31.6. The second-order valence-corrected chi connectivity index (χ2v) is 18.8. The number of carboxylic acid groups (broad SMARTS) is 1. The first-order valence-electron chi connectivity index (χ1n) is 24.3. The lowest BCUT2D eigenvalue weighted by Gasteiger charge is -2.41. The largest absolute Gasteiger partial charge is 0.480 e. The maximum absolute atomic E-state index is 15.3. The molecule has 0 aliphatic carbocycles. The molecule has 23 nitrogen and oxygen atoms in total. The van der Waals surface area contributed by atoms with Crippen molar-refractivity contribution in [3.05, 3.63) is 95.8 Å². The van der Waals surface area contributed by atoms with Gasteiger partial charge in [-0.15, -0.1) is 0 Å². The third-order valence-electron chi connectivity index (χ3n) is 11.7. The molecule has 2 aromatic carbocycles. The summed E-state index contributed by atoms with van der Waals surface area (Å²) in [6.45, 7) is 1.94. The molecule has 25 heteroatoms. The first-order chi connectivity index (χ1) is 36.0. The van der Waals surface area contributed by atoms with E-state index in [0.717, 1.165) is 28.7 Å². The molecule has 2 heterocycles. The number of carboxylic acids is 1. The van der Waals surface area contributed by atoms with Gasteiger partial charge in [-0.05, 0) is 54.5 Å². The van der Waals surface area contributed by atoms with E-state index >= 15 is 4.39 Å². The molecule has 0 saturated carbocycles. The average molecular weight is 1060 g/mol. The summed E-state index contributed by atoms with van der Waals surface area (Å²) >= 11 is 0. The molecule has 410 valence electrons. The average Bonchev–Trinajstić information content (AvgIpc) is 3.92. The van der Waals surface area contributed by atoms with E-state index in [1.165, 1.54) is 17.1 Å². The summed E-state index contributed by atoms with van der Waals surface area (Å²) in [5, 5.41) is 33.3. The molecule has 1 aliphatic heterocycles. The van der Waals surface area contributed by atoms with Gasteiger partial charge >= 0.3 is 5.97 Å². The summed E-state index contributed by atoms with van der Waals surface area (Å²) in [6, 6.07) is 9.28. The molecule has 0 bridgehead atoms. The summed E-state index contributed by atoms with van der Waals surface area (Å²) in [5.41, 5.74) is 5.91. The molecule has 4 rings (SSSR count). The van der Waals surface area contributed by atoms with Crippen LogP contribution in [0.15, 0.2) is 72.9 Å². The Morgan fingerprint density at radius 2 is 1.38 bits per heavy atom. The maximum Gasteiger partial charge on any atom is 0.322 e. The standard InChI is InChI=1S/C51H64F2N10O13/c1-51(2,3)48(38-22-32(34-23-33(52)13-14-35(34)53)29-61(38)28-31-10-6-4-7-11-31)63(46(72)30-64)21-18-36(49(75)55-19-17-41(67)58-27-47(73)74)60-50(76)37(24-39(54)65)59-43(69)26-57-42(68)25-56-40(66)12-8-5-9-20-62-44(70)15-16-45(62)71/h4,6-7,10-11,13-16,22-23,29,36-37,48,64H,5,8-9,12,17-21,24-28,30H2,1-3H3,(H2,54,65)(H,55,75)(H,56,66)(H,57,68)(H,58,67)(H,59,69)(H,60,76)(H,73,74)/t36-,37-,48-/m0/s1. The van der Waals surface area contributed by atoms with Crippen LogP contribution in [0.2, 0.25) is 0 Å². The van der Waals surface area contributed by atoms with E-state index in [1.54, 1.807) is 49.7 Å². The van der Waals surface area contributed by atoms with Crippen molar-refractivity contribution < 1.29 is 71.7 Å². The molecule has 1 aromatic heterocycles. The second-order valence-electron chi connectivity index (χ2n) is 18.8. The third-order valence-corrected chi connectivity index (χ3v) is 11.7. The van der Waals surface area contributed by atoms with Crippen LogP contribution in [0.4, 0.5) is 8.78 Å². The Labute approximate surface area is 436 Å². The van der Waals surface area contributed by atoms with Gasteiger partial charge in [-0.1, -0.05) is 57.5 Å².